The molecule has 0 spiro atoms. The lowest BCUT2D eigenvalue weighted by molar-refractivity contribution is 0.0419. The van der Waals surface area contributed by atoms with Crippen molar-refractivity contribution >= 4 is 18.1 Å². The van der Waals surface area contributed by atoms with Crippen molar-refractivity contribution in [3.63, 3.8) is 0 Å². The highest BCUT2D eigenvalue weighted by atomic mass is 19.1. The Hall–Kier alpha value is -4.74. The molecule has 0 saturated carbocycles. The van der Waals surface area contributed by atoms with Gasteiger partial charge in [0.2, 0.25) is 5.90 Å². The fourth-order valence-electron chi connectivity index (χ4n) is 4.82. The van der Waals surface area contributed by atoms with Crippen LogP contribution >= 0.6 is 0 Å². The molecular formula is C28H25F2N5O5. The minimum Gasteiger partial charge on any atom is -0.497 e. The molecule has 6 rings (SSSR count). The lowest BCUT2D eigenvalue weighted by Gasteiger charge is -2.33. The number of rotatable bonds is 5. The highest BCUT2D eigenvalue weighted by molar-refractivity contribution is 6.02. The lowest BCUT2D eigenvalue weighted by Crippen LogP contribution is -2.33. The summed E-state index contributed by atoms with van der Waals surface area (Å²) in [6.07, 6.45) is 4.78. The summed E-state index contributed by atoms with van der Waals surface area (Å²) in [5, 5.41) is 6.98. The number of hydrogen-bond donors (Lipinski definition) is 1. The fraction of sp³-hybridized carbons (Fsp3) is 0.286. The van der Waals surface area contributed by atoms with E-state index in [1.54, 1.807) is 32.4 Å². The molecule has 1 fully saturated rings. The Labute approximate surface area is 228 Å². The van der Waals surface area contributed by atoms with Crippen LogP contribution < -0.4 is 5.32 Å². The second-order valence-corrected chi connectivity index (χ2v) is 9.38. The SMILES string of the molecule is COC1=C2OCCOC2=C2C(OC3=CC=C(NC(=O)c4ccn(-c5ccc(F)cc5C)n4)CC3F)=NC=NC2C1. The molecule has 10 nitrogen and oxygen atoms in total. The molecule has 1 aromatic carbocycles. The van der Waals surface area contributed by atoms with E-state index in [2.05, 4.69) is 20.4 Å². The van der Waals surface area contributed by atoms with Crippen molar-refractivity contribution in [3.05, 3.63) is 94.0 Å². The van der Waals surface area contributed by atoms with Gasteiger partial charge in [0.05, 0.1) is 24.4 Å². The highest BCUT2D eigenvalue weighted by Crippen LogP contribution is 2.38. The smallest absolute Gasteiger partial charge is 0.275 e. The molecule has 0 radical (unpaired) electrons. The molecule has 1 aromatic heterocycles. The second-order valence-electron chi connectivity index (χ2n) is 9.38. The van der Waals surface area contributed by atoms with Crippen LogP contribution in [0.4, 0.5) is 8.78 Å². The second kappa shape index (κ2) is 10.4. The third kappa shape index (κ3) is 4.76. The number of alkyl halides is 1. The number of fused-ring (bicyclic) bond motifs is 2. The van der Waals surface area contributed by atoms with Crippen LogP contribution in [0.1, 0.15) is 28.9 Å². The number of hydrogen-bond acceptors (Lipinski definition) is 8. The summed E-state index contributed by atoms with van der Waals surface area (Å²) in [5.74, 6) is 0.875. The topological polar surface area (TPSA) is 109 Å². The van der Waals surface area contributed by atoms with Gasteiger partial charge in [-0.1, -0.05) is 0 Å². The molecule has 0 bridgehead atoms. The van der Waals surface area contributed by atoms with Crippen LogP contribution in [0.15, 0.2) is 86.9 Å². The number of halogens is 2. The number of aromatic nitrogens is 2. The molecule has 1 saturated heterocycles. The van der Waals surface area contributed by atoms with Gasteiger partial charge in [-0.25, -0.2) is 18.5 Å². The molecule has 4 aliphatic rings. The van der Waals surface area contributed by atoms with E-state index in [1.165, 1.54) is 35.3 Å². The first-order valence-electron chi connectivity index (χ1n) is 12.6. The monoisotopic (exact) mass is 549 g/mol. The summed E-state index contributed by atoms with van der Waals surface area (Å²) in [4.78, 5) is 21.5. The quantitative estimate of drug-likeness (QED) is 0.605. The average molecular weight is 550 g/mol. The van der Waals surface area contributed by atoms with Gasteiger partial charge in [-0.15, -0.1) is 0 Å². The van der Waals surface area contributed by atoms with Crippen molar-refractivity contribution in [2.75, 3.05) is 20.3 Å². The molecule has 40 heavy (non-hydrogen) atoms. The number of carbonyl (C=O) groups is 1. The first-order chi connectivity index (χ1) is 19.4. The molecule has 3 heterocycles. The highest BCUT2D eigenvalue weighted by Gasteiger charge is 2.39. The summed E-state index contributed by atoms with van der Waals surface area (Å²) in [5.41, 5.74) is 2.38. The van der Waals surface area contributed by atoms with Crippen molar-refractivity contribution in [2.24, 2.45) is 9.98 Å². The van der Waals surface area contributed by atoms with Crippen LogP contribution in [0, 0.1) is 12.7 Å². The van der Waals surface area contributed by atoms with Crippen molar-refractivity contribution < 1.29 is 32.5 Å². The van der Waals surface area contributed by atoms with Crippen LogP contribution in [0.3, 0.4) is 0 Å². The standard InChI is InChI=1S/C28H25F2N5O5/c1-15-11-16(29)3-5-21(15)35-8-7-19(34-35)27(36)33-17-4-6-22(18(30)12-17)40-28-24-20(31-14-32-28)13-23(37-2)25-26(24)39-10-9-38-25/h3-8,11,14,18,20H,9-10,12-13H2,1-2H3,(H,33,36). The molecule has 2 aromatic rings. The molecule has 206 valence electrons. The number of nitrogens with zero attached hydrogens (tertiary/aromatic N) is 4. The van der Waals surface area contributed by atoms with Gasteiger partial charge in [0.25, 0.3) is 5.91 Å². The Morgan fingerprint density at radius 1 is 1.15 bits per heavy atom. The lowest BCUT2D eigenvalue weighted by atomic mass is 9.94. The predicted molar refractivity (Wildman–Crippen MR) is 140 cm³/mol. The van der Waals surface area contributed by atoms with E-state index in [9.17, 15) is 9.18 Å². The van der Waals surface area contributed by atoms with E-state index in [1.807, 2.05) is 0 Å². The van der Waals surface area contributed by atoms with Crippen LogP contribution in [0.5, 0.6) is 0 Å². The summed E-state index contributed by atoms with van der Waals surface area (Å²) in [6.45, 7) is 2.47. The van der Waals surface area contributed by atoms with Gasteiger partial charge in [0.15, 0.2) is 23.4 Å². The Kier molecular flexibility index (Phi) is 6.66. The van der Waals surface area contributed by atoms with Crippen LogP contribution in [-0.4, -0.2) is 60.5 Å². The number of methoxy groups -OCH3 is 1. The first-order valence-corrected chi connectivity index (χ1v) is 12.6. The molecule has 12 heteroatoms. The molecule has 1 amide bonds. The minimum atomic E-state index is -1.54. The number of aliphatic imine (C=N–C) groups is 2. The maximum Gasteiger partial charge on any atom is 0.275 e. The van der Waals surface area contributed by atoms with Crippen molar-refractivity contribution in [3.8, 4) is 5.69 Å². The number of carbonyl (C=O) groups excluding carboxylic acids is 1. The van der Waals surface area contributed by atoms with Crippen LogP contribution in [-0.2, 0) is 18.9 Å². The summed E-state index contributed by atoms with van der Waals surface area (Å²) in [6, 6.07) is 5.46. The maximum atomic E-state index is 15.3. The average Bonchev–Trinajstić information content (AvgIpc) is 3.44. The third-order valence-electron chi connectivity index (χ3n) is 6.76. The van der Waals surface area contributed by atoms with Gasteiger partial charge in [-0.05, 0) is 48.9 Å². The van der Waals surface area contributed by atoms with Crippen LogP contribution in [0.2, 0.25) is 0 Å². The molecule has 2 atom stereocenters. The predicted octanol–water partition coefficient (Wildman–Crippen LogP) is 3.95. The van der Waals surface area contributed by atoms with Gasteiger partial charge in [-0.2, -0.15) is 5.10 Å². The number of nitrogens with one attached hydrogen (secondary N) is 1. The largest absolute Gasteiger partial charge is 0.497 e. The van der Waals surface area contributed by atoms with Gasteiger partial charge in [0.1, 0.15) is 36.9 Å². The number of amides is 1. The summed E-state index contributed by atoms with van der Waals surface area (Å²) < 4.78 is 53.2. The number of ether oxygens (including phenoxy) is 4. The zero-order valence-electron chi connectivity index (χ0n) is 21.7. The van der Waals surface area contributed by atoms with Gasteiger partial charge >= 0.3 is 0 Å². The van der Waals surface area contributed by atoms with Gasteiger partial charge in [-0.3, -0.25) is 9.79 Å². The van der Waals surface area contributed by atoms with Crippen molar-refractivity contribution in [1.29, 1.82) is 0 Å². The zero-order chi connectivity index (χ0) is 27.8. The molecule has 2 aliphatic carbocycles. The van der Waals surface area contributed by atoms with E-state index in [4.69, 9.17) is 18.9 Å². The zero-order valence-corrected chi connectivity index (χ0v) is 21.7. The van der Waals surface area contributed by atoms with E-state index in [0.717, 1.165) is 0 Å². The van der Waals surface area contributed by atoms with Crippen molar-refractivity contribution in [1.82, 2.24) is 15.1 Å². The van der Waals surface area contributed by atoms with E-state index in [0.29, 0.717) is 59.4 Å². The Balaban J connectivity index is 1.18. The number of benzene rings is 1. The first kappa shape index (κ1) is 25.5. The maximum absolute atomic E-state index is 15.3. The van der Waals surface area contributed by atoms with E-state index >= 15 is 4.39 Å². The van der Waals surface area contributed by atoms with Gasteiger partial charge < -0.3 is 24.3 Å². The fourth-order valence-corrected chi connectivity index (χ4v) is 4.82. The summed E-state index contributed by atoms with van der Waals surface area (Å²) >= 11 is 0. The molecule has 1 N–H and O–H groups in total. The van der Waals surface area contributed by atoms with Gasteiger partial charge in [0, 0.05) is 24.7 Å². The normalized spacial score (nSPS) is 21.8. The van der Waals surface area contributed by atoms with Crippen molar-refractivity contribution in [2.45, 2.75) is 32.0 Å². The number of allylic oxidation sites excluding steroid dienone is 4. The third-order valence-corrected chi connectivity index (χ3v) is 6.76. The Bertz CT molecular complexity index is 1570. The molecule has 2 unspecified atom stereocenters. The number of aryl methyl sites for hydroxylation is 1. The summed E-state index contributed by atoms with van der Waals surface area (Å²) in [7, 11) is 1.56. The van der Waals surface area contributed by atoms with E-state index in [-0.39, 0.29) is 35.6 Å². The Morgan fingerprint density at radius 3 is 2.75 bits per heavy atom. The van der Waals surface area contributed by atoms with Crippen LogP contribution in [0.25, 0.3) is 5.69 Å². The molecule has 2 aliphatic heterocycles. The van der Waals surface area contributed by atoms with E-state index < -0.39 is 12.1 Å². The molecular weight excluding hydrogens is 524 g/mol. The minimum absolute atomic E-state index is 0.0368. The Morgan fingerprint density at radius 2 is 1.98 bits per heavy atom.